The molecule has 474 valence electrons. The van der Waals surface area contributed by atoms with E-state index in [1.165, 1.54) is 334 Å². The summed E-state index contributed by atoms with van der Waals surface area (Å²) in [5.41, 5.74) is 0. The van der Waals surface area contributed by atoms with Gasteiger partial charge in [0, 0.05) is 12.8 Å². The van der Waals surface area contributed by atoms with Crippen LogP contribution in [0.25, 0.3) is 0 Å². The quantitative estimate of drug-likeness (QED) is 0.0320. The maximum atomic E-state index is 12.6. The van der Waals surface area contributed by atoms with E-state index in [1.807, 2.05) is 0 Å². The summed E-state index contributed by atoms with van der Waals surface area (Å²) in [6, 6.07) is -0.548. The van der Waals surface area contributed by atoms with Crippen molar-refractivity contribution in [2.24, 2.45) is 0 Å². The van der Waals surface area contributed by atoms with Crippen LogP contribution < -0.4 is 5.32 Å². The lowest BCUT2D eigenvalue weighted by Gasteiger charge is -2.22. The van der Waals surface area contributed by atoms with Crippen LogP contribution in [0.1, 0.15) is 412 Å². The summed E-state index contributed by atoms with van der Waals surface area (Å²) in [5.74, 6) is -0.0317. The van der Waals surface area contributed by atoms with Crippen molar-refractivity contribution >= 4 is 11.9 Å². The summed E-state index contributed by atoms with van der Waals surface area (Å²) in [6.45, 7) is 4.98. The van der Waals surface area contributed by atoms with E-state index in [4.69, 9.17) is 4.74 Å². The number of carbonyl (C=O) groups is 2. The first-order valence-corrected chi connectivity index (χ1v) is 36.6. The van der Waals surface area contributed by atoms with Gasteiger partial charge in [0.25, 0.3) is 0 Å². The minimum Gasteiger partial charge on any atom is -0.466 e. The minimum atomic E-state index is -0.670. The van der Waals surface area contributed by atoms with Gasteiger partial charge in [0.1, 0.15) is 0 Å². The zero-order valence-electron chi connectivity index (χ0n) is 54.3. The fourth-order valence-corrected chi connectivity index (χ4v) is 11.6. The number of amides is 1. The lowest BCUT2D eigenvalue weighted by molar-refractivity contribution is -0.143. The Balaban J connectivity index is 3.41. The molecule has 80 heavy (non-hydrogen) atoms. The van der Waals surface area contributed by atoms with Gasteiger partial charge in [-0.2, -0.15) is 0 Å². The van der Waals surface area contributed by atoms with Crippen LogP contribution in [0.3, 0.4) is 0 Å². The van der Waals surface area contributed by atoms with Crippen molar-refractivity contribution in [3.8, 4) is 0 Å². The second kappa shape index (κ2) is 69.8. The number of rotatable bonds is 69. The van der Waals surface area contributed by atoms with Crippen molar-refractivity contribution in [1.29, 1.82) is 0 Å². The Kier molecular flexibility index (Phi) is 68.4. The van der Waals surface area contributed by atoms with Crippen LogP contribution in [-0.4, -0.2) is 47.4 Å². The number of aliphatic hydroxyl groups is 2. The number of hydrogen-bond acceptors (Lipinski definition) is 5. The zero-order valence-corrected chi connectivity index (χ0v) is 54.3. The molecular weight excluding hydrogens is 983 g/mol. The third-order valence-electron chi connectivity index (χ3n) is 17.2. The fraction of sp³-hybridized carbons (Fsp3) is 0.919. The highest BCUT2D eigenvalue weighted by atomic mass is 16.5. The number of aliphatic hydroxyl groups excluding tert-OH is 2. The molecule has 0 saturated carbocycles. The number of esters is 1. The van der Waals surface area contributed by atoms with Crippen molar-refractivity contribution in [3.63, 3.8) is 0 Å². The van der Waals surface area contributed by atoms with Crippen molar-refractivity contribution in [2.45, 2.75) is 424 Å². The number of ether oxygens (including phenoxy) is 1. The van der Waals surface area contributed by atoms with Crippen molar-refractivity contribution in [3.05, 3.63) is 24.3 Å². The van der Waals surface area contributed by atoms with Crippen LogP contribution >= 0.6 is 0 Å². The lowest BCUT2D eigenvalue weighted by atomic mass is 10.0. The molecule has 1 amide bonds. The topological polar surface area (TPSA) is 95.9 Å². The van der Waals surface area contributed by atoms with E-state index in [1.54, 1.807) is 0 Å². The van der Waals surface area contributed by atoms with E-state index in [0.717, 1.165) is 44.9 Å². The van der Waals surface area contributed by atoms with Gasteiger partial charge < -0.3 is 20.3 Å². The van der Waals surface area contributed by atoms with E-state index in [2.05, 4.69) is 43.5 Å². The third-order valence-corrected chi connectivity index (χ3v) is 17.2. The molecule has 0 aromatic heterocycles. The van der Waals surface area contributed by atoms with Crippen LogP contribution in [0.15, 0.2) is 24.3 Å². The zero-order chi connectivity index (χ0) is 57.8. The van der Waals surface area contributed by atoms with E-state index in [9.17, 15) is 19.8 Å². The first kappa shape index (κ1) is 78.3. The molecule has 0 aromatic carbocycles. The first-order valence-electron chi connectivity index (χ1n) is 36.6. The summed E-state index contributed by atoms with van der Waals surface area (Å²) >= 11 is 0. The third kappa shape index (κ3) is 65.5. The second-order valence-corrected chi connectivity index (χ2v) is 25.3. The molecule has 0 aromatic rings. The molecule has 3 N–H and O–H groups in total. The molecule has 0 saturated heterocycles. The number of unbranched alkanes of at least 4 members (excludes halogenated alkanes) is 54. The average Bonchev–Trinajstić information content (AvgIpc) is 3.46. The lowest BCUT2D eigenvalue weighted by Crippen LogP contribution is -2.45. The molecule has 0 radical (unpaired) electrons. The van der Waals surface area contributed by atoms with Crippen LogP contribution in [0.5, 0.6) is 0 Å². The van der Waals surface area contributed by atoms with Gasteiger partial charge in [0.05, 0.1) is 25.4 Å². The van der Waals surface area contributed by atoms with Gasteiger partial charge in [-0.1, -0.05) is 346 Å². The van der Waals surface area contributed by atoms with Gasteiger partial charge in [-0.15, -0.1) is 0 Å². The molecule has 0 heterocycles. The Morgan fingerprint density at radius 1 is 0.338 bits per heavy atom. The monoisotopic (exact) mass is 1130 g/mol. The van der Waals surface area contributed by atoms with Crippen LogP contribution in [0, 0.1) is 0 Å². The van der Waals surface area contributed by atoms with E-state index < -0.39 is 12.1 Å². The van der Waals surface area contributed by atoms with Crippen LogP contribution in [0.4, 0.5) is 0 Å². The van der Waals surface area contributed by atoms with Crippen molar-refractivity contribution in [1.82, 2.24) is 5.32 Å². The molecule has 0 rings (SSSR count). The average molecular weight is 1130 g/mol. The van der Waals surface area contributed by atoms with Crippen molar-refractivity contribution < 1.29 is 24.5 Å². The standard InChI is InChI=1S/C74H143NO5/c1-3-5-7-9-11-13-15-17-19-20-21-22-23-24-26-29-32-35-39-42-46-50-54-58-62-66-72(77)71(70-76)75-73(78)67-63-59-55-51-47-43-40-36-33-30-27-25-28-31-34-37-41-45-49-53-57-61-65-69-80-74(79)68-64-60-56-52-48-44-38-18-16-14-12-10-8-6-4-2/h18,30,33,38,71-72,76-77H,3-17,19-29,31-32,34-37,39-70H2,1-2H3,(H,75,78)/b33-30-,38-18-. The Hall–Kier alpha value is -1.66. The Morgan fingerprint density at radius 2 is 0.588 bits per heavy atom. The summed E-state index contributed by atoms with van der Waals surface area (Å²) in [5, 5.41) is 23.5. The predicted octanol–water partition coefficient (Wildman–Crippen LogP) is 23.7. The number of allylic oxidation sites excluding steroid dienone is 4. The number of hydrogen-bond donors (Lipinski definition) is 3. The maximum Gasteiger partial charge on any atom is 0.305 e. The van der Waals surface area contributed by atoms with E-state index in [0.29, 0.717) is 25.9 Å². The van der Waals surface area contributed by atoms with Crippen molar-refractivity contribution in [2.75, 3.05) is 13.2 Å². The van der Waals surface area contributed by atoms with E-state index >= 15 is 0 Å². The van der Waals surface area contributed by atoms with Gasteiger partial charge in [-0.25, -0.2) is 0 Å². The molecule has 0 aliphatic carbocycles. The van der Waals surface area contributed by atoms with Gasteiger partial charge in [0.15, 0.2) is 0 Å². The fourth-order valence-electron chi connectivity index (χ4n) is 11.6. The molecule has 6 heteroatoms. The number of carbonyl (C=O) groups excluding carboxylic acids is 2. The Labute approximate surface area is 501 Å². The molecule has 0 bridgehead atoms. The van der Waals surface area contributed by atoms with Crippen LogP contribution in [0.2, 0.25) is 0 Å². The summed E-state index contributed by atoms with van der Waals surface area (Å²) < 4.78 is 5.49. The molecule has 0 aliphatic heterocycles. The summed E-state index contributed by atoms with van der Waals surface area (Å²) in [4.78, 5) is 24.6. The number of nitrogens with one attached hydrogen (secondary N) is 1. The largest absolute Gasteiger partial charge is 0.466 e. The highest BCUT2D eigenvalue weighted by molar-refractivity contribution is 5.76. The molecule has 6 nitrogen and oxygen atoms in total. The highest BCUT2D eigenvalue weighted by Crippen LogP contribution is 2.19. The Bertz CT molecular complexity index is 1250. The predicted molar refractivity (Wildman–Crippen MR) is 352 cm³/mol. The first-order chi connectivity index (χ1) is 39.5. The van der Waals surface area contributed by atoms with E-state index in [-0.39, 0.29) is 18.5 Å². The van der Waals surface area contributed by atoms with Gasteiger partial charge in [-0.3, -0.25) is 9.59 Å². The molecule has 2 atom stereocenters. The molecule has 2 unspecified atom stereocenters. The normalized spacial score (nSPS) is 12.6. The highest BCUT2D eigenvalue weighted by Gasteiger charge is 2.20. The molecule has 0 fully saturated rings. The SMILES string of the molecule is CCCCCCCC/C=C\CCCCCCCC(=O)OCCCCCCCCCCCCCC/C=C\CCCCCCCCCC(=O)NC(CO)C(O)CCCCCCCCCCCCCCCCCCCCCCCCCCC. The Morgan fingerprint density at radius 3 is 0.887 bits per heavy atom. The maximum absolute atomic E-state index is 12.6. The van der Waals surface area contributed by atoms with Crippen LogP contribution in [-0.2, 0) is 14.3 Å². The smallest absolute Gasteiger partial charge is 0.305 e. The molecular formula is C74H143NO5. The second-order valence-electron chi connectivity index (χ2n) is 25.3. The van der Waals surface area contributed by atoms with Gasteiger partial charge >= 0.3 is 5.97 Å². The molecule has 0 spiro atoms. The van der Waals surface area contributed by atoms with Gasteiger partial charge in [0.2, 0.25) is 5.91 Å². The summed E-state index contributed by atoms with van der Waals surface area (Å²) in [6.07, 6.45) is 88.0. The minimum absolute atomic E-state index is 0.00464. The van der Waals surface area contributed by atoms with Gasteiger partial charge in [-0.05, 0) is 77.0 Å². The molecule has 0 aliphatic rings. The summed E-state index contributed by atoms with van der Waals surface area (Å²) in [7, 11) is 0.